The number of aromatic nitrogens is 1. The Hall–Kier alpha value is -1.87. The third-order valence-electron chi connectivity index (χ3n) is 3.40. The van der Waals surface area contributed by atoms with Crippen molar-refractivity contribution in [3.8, 4) is 11.6 Å². The van der Waals surface area contributed by atoms with Crippen LogP contribution in [-0.4, -0.2) is 10.1 Å². The van der Waals surface area contributed by atoms with Crippen LogP contribution >= 0.6 is 0 Å². The molecule has 0 saturated carbocycles. The van der Waals surface area contributed by atoms with E-state index in [2.05, 4.69) is 37.9 Å². The average Bonchev–Trinajstić information content (AvgIpc) is 2.37. The molecule has 0 unspecified atom stereocenters. The number of hydrogen-bond acceptors (Lipinski definition) is 3. The maximum Gasteiger partial charge on any atom is 0.225 e. The van der Waals surface area contributed by atoms with E-state index in [9.17, 15) is 5.11 Å². The minimum absolute atomic E-state index is 0.0250. The van der Waals surface area contributed by atoms with Gasteiger partial charge >= 0.3 is 0 Å². The molecule has 2 rings (SSSR count). The summed E-state index contributed by atoms with van der Waals surface area (Å²) in [6, 6.07) is 9.83. The summed E-state index contributed by atoms with van der Waals surface area (Å²) in [5, 5.41) is 9.85. The zero-order valence-electron chi connectivity index (χ0n) is 13.3. The number of benzene rings is 1. The quantitative estimate of drug-likeness (QED) is 0.900. The fourth-order valence-corrected chi connectivity index (χ4v) is 2.24. The van der Waals surface area contributed by atoms with Crippen LogP contribution in [-0.2, 0) is 5.41 Å². The molecule has 112 valence electrons. The maximum absolute atomic E-state index is 9.85. The molecule has 1 heterocycles. The van der Waals surface area contributed by atoms with Gasteiger partial charge in [-0.05, 0) is 43.0 Å². The van der Waals surface area contributed by atoms with Crippen molar-refractivity contribution < 1.29 is 9.84 Å². The molecule has 0 aliphatic heterocycles. The molecule has 0 spiro atoms. The van der Waals surface area contributed by atoms with E-state index >= 15 is 0 Å². The topological polar surface area (TPSA) is 42.4 Å². The average molecular weight is 285 g/mol. The summed E-state index contributed by atoms with van der Waals surface area (Å²) in [6.07, 6.45) is 1.06. The lowest BCUT2D eigenvalue weighted by Gasteiger charge is -2.23. The Kier molecular flexibility index (Phi) is 4.33. The van der Waals surface area contributed by atoms with E-state index in [-0.39, 0.29) is 5.41 Å². The van der Waals surface area contributed by atoms with E-state index in [1.165, 1.54) is 0 Å². The molecule has 3 heteroatoms. The second-order valence-electron chi connectivity index (χ2n) is 6.43. The standard InChI is InChI=1S/C18H23NO2/c1-12-8-9-15(18(3,4)5)16(11-12)21-17-14(13(2)20)7-6-10-19-17/h6-11,13,20H,1-5H3/t13-/m1/s1. The van der Waals surface area contributed by atoms with Crippen LogP contribution < -0.4 is 4.74 Å². The van der Waals surface area contributed by atoms with Crippen molar-refractivity contribution in [2.75, 3.05) is 0 Å². The Morgan fingerprint density at radius 2 is 1.90 bits per heavy atom. The largest absolute Gasteiger partial charge is 0.438 e. The Labute approximate surface area is 126 Å². The second-order valence-corrected chi connectivity index (χ2v) is 6.43. The van der Waals surface area contributed by atoms with E-state index in [1.807, 2.05) is 19.1 Å². The Morgan fingerprint density at radius 1 is 1.19 bits per heavy atom. The van der Waals surface area contributed by atoms with Crippen molar-refractivity contribution in [3.05, 3.63) is 53.2 Å². The van der Waals surface area contributed by atoms with Gasteiger partial charge in [-0.3, -0.25) is 0 Å². The number of aryl methyl sites for hydroxylation is 1. The zero-order valence-corrected chi connectivity index (χ0v) is 13.3. The van der Waals surface area contributed by atoms with Crippen molar-refractivity contribution in [1.82, 2.24) is 4.98 Å². The summed E-state index contributed by atoms with van der Waals surface area (Å²) < 4.78 is 6.04. The number of hydrogen-bond donors (Lipinski definition) is 1. The van der Waals surface area contributed by atoms with Gasteiger partial charge in [-0.25, -0.2) is 4.98 Å². The van der Waals surface area contributed by atoms with E-state index in [0.717, 1.165) is 16.9 Å². The molecule has 2 aromatic rings. The number of ether oxygens (including phenoxy) is 1. The minimum atomic E-state index is -0.614. The third-order valence-corrected chi connectivity index (χ3v) is 3.40. The highest BCUT2D eigenvalue weighted by Gasteiger charge is 2.21. The summed E-state index contributed by atoms with van der Waals surface area (Å²) in [6.45, 7) is 10.2. The summed E-state index contributed by atoms with van der Waals surface area (Å²) >= 11 is 0. The molecule has 0 aliphatic carbocycles. The lowest BCUT2D eigenvalue weighted by molar-refractivity contribution is 0.194. The van der Waals surface area contributed by atoms with Gasteiger partial charge in [-0.1, -0.05) is 32.9 Å². The van der Waals surface area contributed by atoms with Crippen molar-refractivity contribution in [3.63, 3.8) is 0 Å². The normalized spacial score (nSPS) is 13.0. The van der Waals surface area contributed by atoms with E-state index < -0.39 is 6.10 Å². The lowest BCUT2D eigenvalue weighted by Crippen LogP contribution is -2.13. The predicted molar refractivity (Wildman–Crippen MR) is 84.8 cm³/mol. The van der Waals surface area contributed by atoms with Crippen molar-refractivity contribution in [2.24, 2.45) is 0 Å². The zero-order chi connectivity index (χ0) is 15.6. The molecule has 1 aromatic heterocycles. The van der Waals surface area contributed by atoms with Crippen LogP contribution in [0.25, 0.3) is 0 Å². The van der Waals surface area contributed by atoms with Crippen LogP contribution in [0, 0.1) is 6.92 Å². The van der Waals surface area contributed by atoms with Gasteiger partial charge in [0.1, 0.15) is 5.75 Å². The van der Waals surface area contributed by atoms with Crippen molar-refractivity contribution in [2.45, 2.75) is 46.1 Å². The van der Waals surface area contributed by atoms with E-state index in [4.69, 9.17) is 4.74 Å². The van der Waals surface area contributed by atoms with Crippen LogP contribution in [0.1, 0.15) is 50.5 Å². The van der Waals surface area contributed by atoms with Crippen molar-refractivity contribution >= 4 is 0 Å². The van der Waals surface area contributed by atoms with Gasteiger partial charge in [0.2, 0.25) is 5.88 Å². The van der Waals surface area contributed by atoms with Crippen LogP contribution in [0.5, 0.6) is 11.6 Å². The van der Waals surface area contributed by atoms with Crippen molar-refractivity contribution in [1.29, 1.82) is 0 Å². The summed E-state index contributed by atoms with van der Waals surface area (Å²) in [5.74, 6) is 1.26. The second kappa shape index (κ2) is 5.86. The molecular weight excluding hydrogens is 262 g/mol. The summed E-state index contributed by atoms with van der Waals surface area (Å²) in [5.41, 5.74) is 2.92. The van der Waals surface area contributed by atoms with Gasteiger partial charge < -0.3 is 9.84 Å². The molecule has 1 atom stereocenters. The van der Waals surface area contributed by atoms with Gasteiger partial charge in [-0.15, -0.1) is 0 Å². The molecule has 1 aromatic carbocycles. The van der Waals surface area contributed by atoms with Crippen LogP contribution in [0.2, 0.25) is 0 Å². The number of nitrogens with zero attached hydrogens (tertiary/aromatic N) is 1. The van der Waals surface area contributed by atoms with Crippen LogP contribution in [0.3, 0.4) is 0 Å². The fraction of sp³-hybridized carbons (Fsp3) is 0.389. The lowest BCUT2D eigenvalue weighted by atomic mass is 9.86. The van der Waals surface area contributed by atoms with E-state index in [0.29, 0.717) is 11.4 Å². The van der Waals surface area contributed by atoms with Gasteiger partial charge in [0.05, 0.1) is 6.10 Å². The Balaban J connectivity index is 2.47. The Morgan fingerprint density at radius 3 is 2.52 bits per heavy atom. The molecule has 0 fully saturated rings. The van der Waals surface area contributed by atoms with Gasteiger partial charge in [0.15, 0.2) is 0 Å². The van der Waals surface area contributed by atoms with E-state index in [1.54, 1.807) is 19.2 Å². The first kappa shape index (κ1) is 15.5. The molecule has 0 radical (unpaired) electrons. The fourth-order valence-electron chi connectivity index (χ4n) is 2.24. The minimum Gasteiger partial charge on any atom is -0.438 e. The van der Waals surface area contributed by atoms with Gasteiger partial charge in [-0.2, -0.15) is 0 Å². The summed E-state index contributed by atoms with van der Waals surface area (Å²) in [4.78, 5) is 4.27. The first-order valence-corrected chi connectivity index (χ1v) is 7.21. The number of rotatable bonds is 3. The van der Waals surface area contributed by atoms with Crippen LogP contribution in [0.4, 0.5) is 0 Å². The monoisotopic (exact) mass is 285 g/mol. The molecule has 3 nitrogen and oxygen atoms in total. The van der Waals surface area contributed by atoms with Gasteiger partial charge in [0, 0.05) is 17.3 Å². The molecule has 1 N–H and O–H groups in total. The number of aliphatic hydroxyl groups excluding tert-OH is 1. The molecule has 21 heavy (non-hydrogen) atoms. The Bertz CT molecular complexity index is 627. The maximum atomic E-state index is 9.85. The molecule has 0 aliphatic rings. The SMILES string of the molecule is Cc1ccc(C(C)(C)C)c(Oc2ncccc2[C@@H](C)O)c1. The molecule has 0 saturated heterocycles. The summed E-state index contributed by atoms with van der Waals surface area (Å²) in [7, 11) is 0. The molecular formula is C18H23NO2. The van der Waals surface area contributed by atoms with Gasteiger partial charge in [0.25, 0.3) is 0 Å². The molecule has 0 amide bonds. The highest BCUT2D eigenvalue weighted by atomic mass is 16.5. The smallest absolute Gasteiger partial charge is 0.225 e. The number of pyridine rings is 1. The highest BCUT2D eigenvalue weighted by molar-refractivity contribution is 5.44. The predicted octanol–water partition coefficient (Wildman–Crippen LogP) is 4.53. The van der Waals surface area contributed by atoms with Crippen LogP contribution in [0.15, 0.2) is 36.5 Å². The number of aliphatic hydroxyl groups is 1. The third kappa shape index (κ3) is 3.61. The first-order valence-electron chi connectivity index (χ1n) is 7.21. The first-order chi connectivity index (χ1) is 9.79. The molecule has 0 bridgehead atoms. The highest BCUT2D eigenvalue weighted by Crippen LogP contribution is 2.36.